The van der Waals surface area contributed by atoms with E-state index in [1.54, 1.807) is 0 Å². The lowest BCUT2D eigenvalue weighted by Crippen LogP contribution is -2.32. The highest BCUT2D eigenvalue weighted by Crippen LogP contribution is 2.17. The summed E-state index contributed by atoms with van der Waals surface area (Å²) in [6.45, 7) is 12.6. The minimum Gasteiger partial charge on any atom is -0.489 e. The number of rotatable bonds is 6. The van der Waals surface area contributed by atoms with E-state index in [0.717, 1.165) is 24.2 Å². The zero-order valence-corrected chi connectivity index (χ0v) is 17.3. The van der Waals surface area contributed by atoms with Gasteiger partial charge in [-0.1, -0.05) is 71.9 Å². The number of hydrogen-bond donors (Lipinski definition) is 2. The summed E-state index contributed by atoms with van der Waals surface area (Å²) in [6, 6.07) is 6.55. The summed E-state index contributed by atoms with van der Waals surface area (Å²) in [7, 11) is 0. The molecule has 3 N–H and O–H groups in total. The van der Waals surface area contributed by atoms with Gasteiger partial charge in [0.05, 0.1) is 0 Å². The highest BCUT2D eigenvalue weighted by atomic mass is 16.5. The Balaban J connectivity index is 0. The van der Waals surface area contributed by atoms with Gasteiger partial charge in [-0.05, 0) is 42.5 Å². The molecule has 2 rings (SSSR count). The van der Waals surface area contributed by atoms with Gasteiger partial charge in [0.15, 0.2) is 0 Å². The van der Waals surface area contributed by atoms with Gasteiger partial charge < -0.3 is 15.6 Å². The lowest BCUT2D eigenvalue weighted by molar-refractivity contribution is -0.138. The summed E-state index contributed by atoms with van der Waals surface area (Å²) in [5.74, 6) is -0.198. The number of ether oxygens (including phenoxy) is 1. The quantitative estimate of drug-likeness (QED) is 0.712. The average molecular weight is 364 g/mol. The van der Waals surface area contributed by atoms with E-state index in [0.29, 0.717) is 13.0 Å². The molecule has 1 aliphatic rings. The molecule has 0 amide bonds. The van der Waals surface area contributed by atoms with Gasteiger partial charge in [0.1, 0.15) is 18.4 Å². The third-order valence-corrected chi connectivity index (χ3v) is 3.22. The predicted octanol–water partition coefficient (Wildman–Crippen LogP) is 5.37. The van der Waals surface area contributed by atoms with Crippen molar-refractivity contribution >= 4 is 5.97 Å². The normalized spacial score (nSPS) is 12.7. The fourth-order valence-electron chi connectivity index (χ4n) is 2.01. The fourth-order valence-corrected chi connectivity index (χ4v) is 2.01. The largest absolute Gasteiger partial charge is 0.489 e. The van der Waals surface area contributed by atoms with E-state index >= 15 is 0 Å². The summed E-state index contributed by atoms with van der Waals surface area (Å²) in [6.07, 6.45) is 8.72. The van der Waals surface area contributed by atoms with Gasteiger partial charge in [-0.15, -0.1) is 0 Å². The van der Waals surface area contributed by atoms with Crippen LogP contribution >= 0.6 is 0 Å². The maximum absolute atomic E-state index is 10.7. The van der Waals surface area contributed by atoms with Crippen LogP contribution in [0.15, 0.2) is 48.1 Å². The van der Waals surface area contributed by atoms with Gasteiger partial charge in [0.25, 0.3) is 0 Å². The summed E-state index contributed by atoms with van der Waals surface area (Å²) in [5.41, 5.74) is 7.68. The van der Waals surface area contributed by atoms with Crippen LogP contribution in [0.2, 0.25) is 0 Å². The molecule has 148 valence electrons. The molecule has 4 nitrogen and oxygen atoms in total. The van der Waals surface area contributed by atoms with Crippen molar-refractivity contribution in [3.05, 3.63) is 53.6 Å². The molecule has 0 bridgehead atoms. The number of aliphatic carboxylic acids is 1. The number of allylic oxidation sites excluding steroid dienone is 3. The standard InChI is InChI=1S/C16H19NO3.3C2H6/c17-15(16(18)19)10-12-6-8-14(9-7-12)20-11-13-4-2-1-3-5-13;3*1-2/h1-2,4,6-9,15H,3,5,10-11,17H2,(H,18,19);3*1-2H3. The first-order valence-electron chi connectivity index (χ1n) is 9.70. The summed E-state index contributed by atoms with van der Waals surface area (Å²) in [4.78, 5) is 10.7. The Labute approximate surface area is 159 Å². The van der Waals surface area contributed by atoms with Gasteiger partial charge in [-0.25, -0.2) is 0 Å². The van der Waals surface area contributed by atoms with Crippen molar-refractivity contribution < 1.29 is 14.6 Å². The molecule has 0 saturated heterocycles. The maximum Gasteiger partial charge on any atom is 0.320 e. The monoisotopic (exact) mass is 363 g/mol. The van der Waals surface area contributed by atoms with E-state index < -0.39 is 12.0 Å². The fraction of sp³-hybridized carbons (Fsp3) is 0.500. The van der Waals surface area contributed by atoms with Gasteiger partial charge in [0.2, 0.25) is 0 Å². The second-order valence-electron chi connectivity index (χ2n) is 4.87. The van der Waals surface area contributed by atoms with Crippen LogP contribution < -0.4 is 10.5 Å². The molecule has 1 aromatic carbocycles. The van der Waals surface area contributed by atoms with E-state index in [9.17, 15) is 4.79 Å². The molecule has 26 heavy (non-hydrogen) atoms. The molecule has 0 aromatic heterocycles. The van der Waals surface area contributed by atoms with Crippen LogP contribution in [0.1, 0.15) is 59.9 Å². The van der Waals surface area contributed by atoms with Gasteiger partial charge in [-0.3, -0.25) is 4.79 Å². The molecule has 0 radical (unpaired) electrons. The van der Waals surface area contributed by atoms with Gasteiger partial charge >= 0.3 is 5.97 Å². The van der Waals surface area contributed by atoms with Crippen molar-refractivity contribution in [1.82, 2.24) is 0 Å². The number of nitrogens with two attached hydrogens (primary N) is 1. The molecule has 1 atom stereocenters. The minimum atomic E-state index is -0.984. The number of hydrogen-bond acceptors (Lipinski definition) is 3. The number of carbonyl (C=O) groups is 1. The van der Waals surface area contributed by atoms with E-state index in [4.69, 9.17) is 15.6 Å². The Morgan fingerprint density at radius 1 is 1.12 bits per heavy atom. The van der Waals surface area contributed by atoms with Crippen LogP contribution in [-0.4, -0.2) is 23.7 Å². The Kier molecular flexibility index (Phi) is 17.9. The molecule has 1 aliphatic carbocycles. The Bertz CT molecular complexity index is 519. The van der Waals surface area contributed by atoms with E-state index in [-0.39, 0.29) is 0 Å². The molecule has 4 heteroatoms. The molecule has 0 spiro atoms. The van der Waals surface area contributed by atoms with Crippen LogP contribution in [0.5, 0.6) is 5.75 Å². The SMILES string of the molecule is CC.CC.CC.NC(Cc1ccc(OCC2=CC=CCC2)cc1)C(=O)O. The van der Waals surface area contributed by atoms with Crippen LogP contribution in [0.3, 0.4) is 0 Å². The van der Waals surface area contributed by atoms with Crippen LogP contribution in [-0.2, 0) is 11.2 Å². The molecule has 0 aliphatic heterocycles. The number of carboxylic acids is 1. The molecule has 0 fully saturated rings. The smallest absolute Gasteiger partial charge is 0.320 e. The summed E-state index contributed by atoms with van der Waals surface area (Å²) >= 11 is 0. The first kappa shape index (κ1) is 26.2. The topological polar surface area (TPSA) is 72.5 Å². The predicted molar refractivity (Wildman–Crippen MR) is 112 cm³/mol. The second kappa shape index (κ2) is 17.7. The van der Waals surface area contributed by atoms with Crippen molar-refractivity contribution in [3.8, 4) is 5.75 Å². The van der Waals surface area contributed by atoms with Crippen LogP contribution in [0, 0.1) is 0 Å². The zero-order valence-electron chi connectivity index (χ0n) is 17.3. The average Bonchev–Trinajstić information content (AvgIpc) is 2.72. The summed E-state index contributed by atoms with van der Waals surface area (Å²) < 4.78 is 5.70. The Hall–Kier alpha value is -2.07. The minimum absolute atomic E-state index is 0.325. The highest BCUT2D eigenvalue weighted by molar-refractivity contribution is 5.73. The molecular formula is C22H37NO3. The lowest BCUT2D eigenvalue weighted by atomic mass is 10.1. The summed E-state index contributed by atoms with van der Waals surface area (Å²) in [5, 5.41) is 8.76. The molecular weight excluding hydrogens is 326 g/mol. The van der Waals surface area contributed by atoms with Crippen LogP contribution in [0.25, 0.3) is 0 Å². The molecule has 1 aromatic rings. The second-order valence-corrected chi connectivity index (χ2v) is 4.87. The van der Waals surface area contributed by atoms with E-state index in [2.05, 4.69) is 18.2 Å². The van der Waals surface area contributed by atoms with Crippen molar-refractivity contribution in [2.75, 3.05) is 6.61 Å². The number of carboxylic acid groups (broad SMARTS) is 1. The molecule has 0 saturated carbocycles. The van der Waals surface area contributed by atoms with Crippen LogP contribution in [0.4, 0.5) is 0 Å². The highest BCUT2D eigenvalue weighted by Gasteiger charge is 2.11. The third-order valence-electron chi connectivity index (χ3n) is 3.22. The zero-order chi connectivity index (χ0) is 20.4. The van der Waals surface area contributed by atoms with Crippen molar-refractivity contribution in [3.63, 3.8) is 0 Å². The first-order chi connectivity index (χ1) is 12.6. The lowest BCUT2D eigenvalue weighted by Gasteiger charge is -2.12. The van der Waals surface area contributed by atoms with E-state index in [1.807, 2.05) is 65.8 Å². The third kappa shape index (κ3) is 11.5. The van der Waals surface area contributed by atoms with Crippen molar-refractivity contribution in [1.29, 1.82) is 0 Å². The van der Waals surface area contributed by atoms with E-state index in [1.165, 1.54) is 5.57 Å². The first-order valence-corrected chi connectivity index (χ1v) is 9.70. The Morgan fingerprint density at radius 2 is 1.69 bits per heavy atom. The van der Waals surface area contributed by atoms with Gasteiger partial charge in [-0.2, -0.15) is 0 Å². The maximum atomic E-state index is 10.7. The Morgan fingerprint density at radius 3 is 2.15 bits per heavy atom. The van der Waals surface area contributed by atoms with Crippen molar-refractivity contribution in [2.45, 2.75) is 66.8 Å². The molecule has 1 unspecified atom stereocenters. The van der Waals surface area contributed by atoms with Gasteiger partial charge in [0, 0.05) is 0 Å². The number of benzene rings is 1. The van der Waals surface area contributed by atoms with Crippen molar-refractivity contribution in [2.24, 2.45) is 5.73 Å². The molecule has 0 heterocycles.